The van der Waals surface area contributed by atoms with E-state index in [9.17, 15) is 14.4 Å². The fourth-order valence-corrected chi connectivity index (χ4v) is 1.46. The molecule has 1 aromatic rings. The molecule has 23 heavy (non-hydrogen) atoms. The minimum absolute atomic E-state index is 0.245. The lowest BCUT2D eigenvalue weighted by atomic mass is 10.1. The SMILES string of the molecule is CC=CCC(NC(=O)c1ccccc1)C(=O)OC.COC(C)=O. The topological polar surface area (TPSA) is 81.7 Å². The molecule has 6 nitrogen and oxygen atoms in total. The number of ether oxygens (including phenoxy) is 2. The number of hydrogen-bond donors (Lipinski definition) is 1. The van der Waals surface area contributed by atoms with Gasteiger partial charge in [0.15, 0.2) is 0 Å². The van der Waals surface area contributed by atoms with Gasteiger partial charge >= 0.3 is 11.9 Å². The zero-order chi connectivity index (χ0) is 17.7. The third kappa shape index (κ3) is 9.08. The van der Waals surface area contributed by atoms with Crippen LogP contribution in [0.4, 0.5) is 0 Å². The average molecular weight is 321 g/mol. The van der Waals surface area contributed by atoms with Crippen molar-refractivity contribution < 1.29 is 23.9 Å². The minimum atomic E-state index is -0.654. The van der Waals surface area contributed by atoms with E-state index >= 15 is 0 Å². The van der Waals surface area contributed by atoms with E-state index in [1.54, 1.807) is 24.3 Å². The molecular formula is C17H23NO5. The molecule has 1 rings (SSSR count). The first-order valence-corrected chi connectivity index (χ1v) is 7.05. The Morgan fingerprint density at radius 3 is 2.13 bits per heavy atom. The van der Waals surface area contributed by atoms with E-state index < -0.39 is 12.0 Å². The molecule has 0 aliphatic carbocycles. The van der Waals surface area contributed by atoms with Crippen molar-refractivity contribution in [3.8, 4) is 0 Å². The van der Waals surface area contributed by atoms with Crippen molar-refractivity contribution in [1.82, 2.24) is 5.32 Å². The molecular weight excluding hydrogens is 298 g/mol. The minimum Gasteiger partial charge on any atom is -0.469 e. The highest BCUT2D eigenvalue weighted by Gasteiger charge is 2.20. The predicted octanol–water partition coefficient (Wildman–Crippen LogP) is 2.10. The van der Waals surface area contributed by atoms with Gasteiger partial charge in [-0.15, -0.1) is 0 Å². The first kappa shape index (κ1) is 20.4. The normalized spacial score (nSPS) is 11.0. The van der Waals surface area contributed by atoms with Crippen LogP contribution in [0.25, 0.3) is 0 Å². The van der Waals surface area contributed by atoms with Gasteiger partial charge in [0.2, 0.25) is 0 Å². The lowest BCUT2D eigenvalue weighted by Gasteiger charge is -2.14. The van der Waals surface area contributed by atoms with Crippen molar-refractivity contribution in [1.29, 1.82) is 0 Å². The third-order valence-corrected chi connectivity index (χ3v) is 2.72. The van der Waals surface area contributed by atoms with Crippen LogP contribution in [0.5, 0.6) is 0 Å². The molecule has 0 heterocycles. The Kier molecular flexibility index (Phi) is 10.6. The second-order valence-corrected chi connectivity index (χ2v) is 4.42. The predicted molar refractivity (Wildman–Crippen MR) is 86.8 cm³/mol. The number of hydrogen-bond acceptors (Lipinski definition) is 5. The summed E-state index contributed by atoms with van der Waals surface area (Å²) in [7, 11) is 2.65. The molecule has 1 amide bonds. The van der Waals surface area contributed by atoms with Gasteiger partial charge in [-0.1, -0.05) is 30.4 Å². The Labute approximate surface area is 136 Å². The fourth-order valence-electron chi connectivity index (χ4n) is 1.46. The molecule has 1 N–H and O–H groups in total. The lowest BCUT2D eigenvalue weighted by Crippen LogP contribution is -2.41. The Bertz CT molecular complexity index is 525. The van der Waals surface area contributed by atoms with E-state index in [2.05, 4.69) is 14.8 Å². The molecule has 0 bridgehead atoms. The molecule has 0 aliphatic rings. The van der Waals surface area contributed by atoms with Gasteiger partial charge in [0.25, 0.3) is 5.91 Å². The smallest absolute Gasteiger partial charge is 0.328 e. The van der Waals surface area contributed by atoms with Crippen LogP contribution in [0.1, 0.15) is 30.6 Å². The molecule has 0 radical (unpaired) electrons. The molecule has 1 aromatic carbocycles. The van der Waals surface area contributed by atoms with Gasteiger partial charge in [-0.05, 0) is 25.5 Å². The fraction of sp³-hybridized carbons (Fsp3) is 0.353. The Morgan fingerprint density at radius 1 is 1.13 bits per heavy atom. The van der Waals surface area contributed by atoms with Crippen LogP contribution >= 0.6 is 0 Å². The Balaban J connectivity index is 0.000000841. The number of amides is 1. The maximum absolute atomic E-state index is 11.9. The quantitative estimate of drug-likeness (QED) is 0.663. The number of carbonyl (C=O) groups excluding carboxylic acids is 3. The van der Waals surface area contributed by atoms with Crippen molar-refractivity contribution in [2.24, 2.45) is 0 Å². The summed E-state index contributed by atoms with van der Waals surface area (Å²) in [5.74, 6) is -0.974. The molecule has 126 valence electrons. The summed E-state index contributed by atoms with van der Waals surface area (Å²) in [5, 5.41) is 2.65. The van der Waals surface area contributed by atoms with Crippen LogP contribution in [0.2, 0.25) is 0 Å². The number of methoxy groups -OCH3 is 2. The summed E-state index contributed by atoms with van der Waals surface area (Å²) in [6, 6.07) is 8.11. The molecule has 0 fully saturated rings. The zero-order valence-electron chi connectivity index (χ0n) is 13.9. The van der Waals surface area contributed by atoms with Gasteiger partial charge in [-0.25, -0.2) is 4.79 Å². The zero-order valence-corrected chi connectivity index (χ0v) is 13.9. The van der Waals surface area contributed by atoms with Crippen LogP contribution < -0.4 is 5.32 Å². The largest absolute Gasteiger partial charge is 0.469 e. The molecule has 0 aliphatic heterocycles. The van der Waals surface area contributed by atoms with E-state index in [4.69, 9.17) is 0 Å². The summed E-state index contributed by atoms with van der Waals surface area (Å²) in [4.78, 5) is 33.0. The molecule has 0 spiro atoms. The van der Waals surface area contributed by atoms with Crippen LogP contribution in [0, 0.1) is 0 Å². The number of benzene rings is 1. The molecule has 1 atom stereocenters. The summed E-state index contributed by atoms with van der Waals surface area (Å²) >= 11 is 0. The molecule has 6 heteroatoms. The highest BCUT2D eigenvalue weighted by Crippen LogP contribution is 2.02. The summed E-state index contributed by atoms with van der Waals surface area (Å²) in [6.07, 6.45) is 4.05. The molecule has 0 aromatic heterocycles. The van der Waals surface area contributed by atoms with Crippen molar-refractivity contribution in [2.45, 2.75) is 26.3 Å². The van der Waals surface area contributed by atoms with E-state index in [1.807, 2.05) is 25.1 Å². The van der Waals surface area contributed by atoms with Gasteiger partial charge in [-0.3, -0.25) is 9.59 Å². The van der Waals surface area contributed by atoms with Gasteiger partial charge in [0.1, 0.15) is 6.04 Å². The van der Waals surface area contributed by atoms with Gasteiger partial charge in [-0.2, -0.15) is 0 Å². The van der Waals surface area contributed by atoms with Crippen molar-refractivity contribution in [3.63, 3.8) is 0 Å². The monoisotopic (exact) mass is 321 g/mol. The van der Waals surface area contributed by atoms with Crippen LogP contribution in [0.3, 0.4) is 0 Å². The first-order valence-electron chi connectivity index (χ1n) is 7.05. The van der Waals surface area contributed by atoms with Crippen molar-refractivity contribution in [3.05, 3.63) is 48.0 Å². The second kappa shape index (κ2) is 12.0. The molecule has 0 saturated heterocycles. The highest BCUT2D eigenvalue weighted by molar-refractivity contribution is 5.96. The maximum Gasteiger partial charge on any atom is 0.328 e. The van der Waals surface area contributed by atoms with E-state index in [0.717, 1.165) is 0 Å². The van der Waals surface area contributed by atoms with Crippen molar-refractivity contribution in [2.75, 3.05) is 14.2 Å². The molecule has 1 unspecified atom stereocenters. The number of allylic oxidation sites excluding steroid dienone is 1. The van der Waals surface area contributed by atoms with Crippen molar-refractivity contribution >= 4 is 17.8 Å². The van der Waals surface area contributed by atoms with Crippen LogP contribution in [-0.2, 0) is 19.1 Å². The average Bonchev–Trinajstić information content (AvgIpc) is 2.58. The van der Waals surface area contributed by atoms with E-state index in [-0.39, 0.29) is 11.9 Å². The van der Waals surface area contributed by atoms with Crippen LogP contribution in [-0.4, -0.2) is 38.1 Å². The molecule has 0 saturated carbocycles. The van der Waals surface area contributed by atoms with E-state index in [0.29, 0.717) is 12.0 Å². The standard InChI is InChI=1S/C14H17NO3.C3H6O2/c1-3-4-10-12(14(17)18-2)15-13(16)11-8-6-5-7-9-11;1-3(4)5-2/h3-9,12H,10H2,1-2H3,(H,15,16);1-2H3. The maximum atomic E-state index is 11.9. The summed E-state index contributed by atoms with van der Waals surface area (Å²) in [5.41, 5.74) is 0.520. The van der Waals surface area contributed by atoms with E-state index in [1.165, 1.54) is 21.1 Å². The summed E-state index contributed by atoms with van der Waals surface area (Å²) < 4.78 is 8.77. The number of rotatable bonds is 5. The highest BCUT2D eigenvalue weighted by atomic mass is 16.5. The first-order chi connectivity index (χ1) is 11.0. The number of carbonyl (C=O) groups is 3. The Hall–Kier alpha value is -2.63. The number of nitrogens with one attached hydrogen (secondary N) is 1. The van der Waals surface area contributed by atoms with Gasteiger partial charge in [0, 0.05) is 12.5 Å². The second-order valence-electron chi connectivity index (χ2n) is 4.42. The third-order valence-electron chi connectivity index (χ3n) is 2.72. The lowest BCUT2D eigenvalue weighted by molar-refractivity contribution is -0.142. The van der Waals surface area contributed by atoms with Gasteiger partial charge < -0.3 is 14.8 Å². The van der Waals surface area contributed by atoms with Crippen LogP contribution in [0.15, 0.2) is 42.5 Å². The Morgan fingerprint density at radius 2 is 1.70 bits per heavy atom. The number of esters is 2. The van der Waals surface area contributed by atoms with Gasteiger partial charge in [0.05, 0.1) is 14.2 Å². The summed E-state index contributed by atoms with van der Waals surface area (Å²) in [6.45, 7) is 3.22.